The minimum Gasteiger partial charge on any atom is -0.0795 e. The van der Waals surface area contributed by atoms with Crippen molar-refractivity contribution in [2.24, 2.45) is 0 Å². The second kappa shape index (κ2) is 5.85. The van der Waals surface area contributed by atoms with Crippen molar-refractivity contribution in [1.82, 2.24) is 0 Å². The van der Waals surface area contributed by atoms with Crippen molar-refractivity contribution < 1.29 is 0 Å². The van der Waals surface area contributed by atoms with E-state index < -0.39 is 0 Å². The van der Waals surface area contributed by atoms with Gasteiger partial charge in [0.05, 0.1) is 0 Å². The van der Waals surface area contributed by atoms with Crippen LogP contribution in [-0.2, 0) is 25.7 Å². The van der Waals surface area contributed by atoms with Crippen molar-refractivity contribution in [3.05, 3.63) is 80.9 Å². The molecule has 23 heavy (non-hydrogen) atoms. The Labute approximate surface area is 139 Å². The molecule has 4 rings (SSSR count). The number of rotatable bonds is 4. The average Bonchev–Trinajstić information content (AvgIpc) is 3.15. The molecule has 0 aliphatic heterocycles. The summed E-state index contributed by atoms with van der Waals surface area (Å²) in [5.41, 5.74) is 11.8. The molecular weight excluding hydrogens is 276 g/mol. The third kappa shape index (κ3) is 2.79. The molecule has 0 saturated heterocycles. The maximum Gasteiger partial charge on any atom is -0.00881 e. The minimum atomic E-state index is 1.11. The Balaban J connectivity index is 1.45. The van der Waals surface area contributed by atoms with Gasteiger partial charge in [-0.25, -0.2) is 0 Å². The molecule has 0 radical (unpaired) electrons. The molecule has 0 amide bonds. The monoisotopic (exact) mass is 300 g/mol. The van der Waals surface area contributed by atoms with Gasteiger partial charge >= 0.3 is 0 Å². The van der Waals surface area contributed by atoms with Crippen molar-refractivity contribution in [3.8, 4) is 0 Å². The van der Waals surface area contributed by atoms with E-state index in [1.165, 1.54) is 63.8 Å². The summed E-state index contributed by atoms with van der Waals surface area (Å²) in [6.07, 6.45) is 14.9. The Morgan fingerprint density at radius 3 is 1.65 bits per heavy atom. The summed E-state index contributed by atoms with van der Waals surface area (Å²) in [5, 5.41) is 0. The van der Waals surface area contributed by atoms with Gasteiger partial charge in [-0.05, 0) is 90.5 Å². The second-order valence-electron chi connectivity index (χ2n) is 7.02. The number of benzene rings is 2. The van der Waals surface area contributed by atoms with Crippen molar-refractivity contribution in [3.63, 3.8) is 0 Å². The summed E-state index contributed by atoms with van der Waals surface area (Å²) in [4.78, 5) is 0. The lowest BCUT2D eigenvalue weighted by Gasteiger charge is -2.12. The van der Waals surface area contributed by atoms with Gasteiger partial charge in [-0.1, -0.05) is 48.6 Å². The molecule has 0 N–H and O–H groups in total. The predicted octanol–water partition coefficient (Wildman–Crippen LogP) is 5.62. The van der Waals surface area contributed by atoms with Gasteiger partial charge in [0, 0.05) is 0 Å². The molecule has 0 heterocycles. The van der Waals surface area contributed by atoms with E-state index in [1.807, 2.05) is 0 Å². The second-order valence-corrected chi connectivity index (χ2v) is 7.02. The maximum atomic E-state index is 2.43. The van der Waals surface area contributed by atoms with Crippen LogP contribution in [0.2, 0.25) is 0 Å². The lowest BCUT2D eigenvalue weighted by molar-refractivity contribution is 0.809. The highest BCUT2D eigenvalue weighted by molar-refractivity contribution is 5.62. The molecule has 2 aliphatic rings. The SMILES string of the molecule is Cc1cc2c(cc1CCCc1cc3c(cc1C)C=CC3)CC=C2. The van der Waals surface area contributed by atoms with Gasteiger partial charge < -0.3 is 0 Å². The van der Waals surface area contributed by atoms with Crippen molar-refractivity contribution in [2.45, 2.75) is 46.0 Å². The Hall–Kier alpha value is -2.08. The fraction of sp³-hybridized carbons (Fsp3) is 0.304. The first kappa shape index (κ1) is 14.5. The molecule has 2 aromatic carbocycles. The maximum absolute atomic E-state index is 2.43. The number of fused-ring (bicyclic) bond motifs is 2. The first-order chi connectivity index (χ1) is 11.2. The van der Waals surface area contributed by atoms with E-state index in [0.29, 0.717) is 0 Å². The zero-order chi connectivity index (χ0) is 15.8. The van der Waals surface area contributed by atoms with Gasteiger partial charge in [0.1, 0.15) is 0 Å². The summed E-state index contributed by atoms with van der Waals surface area (Å²) in [6, 6.07) is 9.59. The molecule has 116 valence electrons. The third-order valence-electron chi connectivity index (χ3n) is 5.36. The highest BCUT2D eigenvalue weighted by Crippen LogP contribution is 2.26. The molecule has 0 fully saturated rings. The zero-order valence-corrected chi connectivity index (χ0v) is 14.2. The highest BCUT2D eigenvalue weighted by atomic mass is 14.2. The summed E-state index contributed by atoms with van der Waals surface area (Å²) < 4.78 is 0. The standard InChI is InChI=1S/C23H24/c1-16-12-20-8-4-10-22(20)14-18(16)6-3-7-19-15-23-11-5-9-21(23)13-17(19)2/h4-5,8-9,12-15H,3,6-7,10-11H2,1-2H3. The first-order valence-electron chi connectivity index (χ1n) is 8.78. The molecule has 0 spiro atoms. The number of hydrogen-bond acceptors (Lipinski definition) is 0. The van der Waals surface area contributed by atoms with Crippen LogP contribution >= 0.6 is 0 Å². The lowest BCUT2D eigenvalue weighted by Crippen LogP contribution is -1.98. The zero-order valence-electron chi connectivity index (χ0n) is 14.2. The van der Waals surface area contributed by atoms with Gasteiger partial charge in [-0.2, -0.15) is 0 Å². The summed E-state index contributed by atoms with van der Waals surface area (Å²) in [7, 11) is 0. The lowest BCUT2D eigenvalue weighted by atomic mass is 9.93. The Morgan fingerprint density at radius 1 is 0.696 bits per heavy atom. The fourth-order valence-corrected chi connectivity index (χ4v) is 3.95. The van der Waals surface area contributed by atoms with E-state index >= 15 is 0 Å². The summed E-state index contributed by atoms with van der Waals surface area (Å²) in [6.45, 7) is 4.52. The van der Waals surface area contributed by atoms with Crippen LogP contribution in [0.4, 0.5) is 0 Å². The van der Waals surface area contributed by atoms with E-state index in [9.17, 15) is 0 Å². The van der Waals surface area contributed by atoms with Crippen LogP contribution < -0.4 is 0 Å². The molecule has 2 aliphatic carbocycles. The van der Waals surface area contributed by atoms with Crippen molar-refractivity contribution in [2.75, 3.05) is 0 Å². The Kier molecular flexibility index (Phi) is 3.69. The summed E-state index contributed by atoms with van der Waals surface area (Å²) in [5.74, 6) is 0. The predicted molar refractivity (Wildman–Crippen MR) is 99.9 cm³/mol. The molecule has 0 heteroatoms. The van der Waals surface area contributed by atoms with Gasteiger partial charge in [0.2, 0.25) is 0 Å². The summed E-state index contributed by atoms with van der Waals surface area (Å²) >= 11 is 0. The van der Waals surface area contributed by atoms with Gasteiger partial charge in [-0.15, -0.1) is 0 Å². The third-order valence-corrected chi connectivity index (χ3v) is 5.36. The highest BCUT2D eigenvalue weighted by Gasteiger charge is 2.11. The number of allylic oxidation sites excluding steroid dienone is 2. The fourth-order valence-electron chi connectivity index (χ4n) is 3.95. The topological polar surface area (TPSA) is 0 Å². The molecule has 0 aromatic heterocycles. The van der Waals surface area contributed by atoms with Crippen LogP contribution in [0.5, 0.6) is 0 Å². The molecule has 2 aromatic rings. The molecule has 0 saturated carbocycles. The average molecular weight is 300 g/mol. The first-order valence-corrected chi connectivity index (χ1v) is 8.78. The number of aryl methyl sites for hydroxylation is 4. The number of hydrogen-bond donors (Lipinski definition) is 0. The molecular formula is C23H24. The van der Waals surface area contributed by atoms with Crippen molar-refractivity contribution in [1.29, 1.82) is 0 Å². The van der Waals surface area contributed by atoms with Crippen LogP contribution in [-0.4, -0.2) is 0 Å². The van der Waals surface area contributed by atoms with Gasteiger partial charge in [0.25, 0.3) is 0 Å². The smallest absolute Gasteiger partial charge is 0.00881 e. The van der Waals surface area contributed by atoms with E-state index in [4.69, 9.17) is 0 Å². The van der Waals surface area contributed by atoms with E-state index in [2.05, 4.69) is 62.4 Å². The van der Waals surface area contributed by atoms with Gasteiger partial charge in [-0.3, -0.25) is 0 Å². The molecule has 0 atom stereocenters. The largest absolute Gasteiger partial charge is 0.0795 e. The van der Waals surface area contributed by atoms with Crippen LogP contribution in [0.25, 0.3) is 12.2 Å². The van der Waals surface area contributed by atoms with Crippen LogP contribution in [0.15, 0.2) is 36.4 Å². The minimum absolute atomic E-state index is 1.11. The van der Waals surface area contributed by atoms with Crippen LogP contribution in [0.1, 0.15) is 50.9 Å². The van der Waals surface area contributed by atoms with E-state index in [-0.39, 0.29) is 0 Å². The van der Waals surface area contributed by atoms with Crippen LogP contribution in [0, 0.1) is 13.8 Å². The van der Waals surface area contributed by atoms with E-state index in [0.717, 1.165) is 12.8 Å². The molecule has 0 bridgehead atoms. The Bertz CT molecular complexity index is 749. The van der Waals surface area contributed by atoms with Crippen LogP contribution in [0.3, 0.4) is 0 Å². The normalized spacial score (nSPS) is 14.3. The quantitative estimate of drug-likeness (QED) is 0.687. The Morgan fingerprint density at radius 2 is 1.17 bits per heavy atom. The molecule has 0 unspecified atom stereocenters. The van der Waals surface area contributed by atoms with E-state index in [1.54, 1.807) is 0 Å². The van der Waals surface area contributed by atoms with Crippen molar-refractivity contribution >= 4 is 12.2 Å². The molecule has 0 nitrogen and oxygen atoms in total. The van der Waals surface area contributed by atoms with Gasteiger partial charge in [0.15, 0.2) is 0 Å².